The number of carbonyl (C=O) groups is 1. The molecule has 1 aliphatic rings. The summed E-state index contributed by atoms with van der Waals surface area (Å²) in [6.45, 7) is 3.82. The summed E-state index contributed by atoms with van der Waals surface area (Å²) in [4.78, 5) is 12.3. The lowest BCUT2D eigenvalue weighted by Gasteiger charge is -2.28. The molecule has 29 heavy (non-hydrogen) atoms. The molecule has 2 aromatic carbocycles. The molecule has 0 aliphatic heterocycles. The van der Waals surface area contributed by atoms with Gasteiger partial charge in [-0.2, -0.15) is 0 Å². The SMILES string of the molecule is CCCC1CCC(c2ccc(C(=O)Oc3cc(F)c(CC)c(F)c3)c(F)c2)CC1. The molecule has 1 fully saturated rings. The molecule has 0 unspecified atom stereocenters. The topological polar surface area (TPSA) is 26.3 Å². The fraction of sp³-hybridized carbons (Fsp3) is 0.458. The number of hydrogen-bond acceptors (Lipinski definition) is 2. The van der Waals surface area contributed by atoms with Crippen molar-refractivity contribution in [3.63, 3.8) is 0 Å². The van der Waals surface area contributed by atoms with Crippen LogP contribution in [0.4, 0.5) is 13.2 Å². The van der Waals surface area contributed by atoms with Crippen LogP contribution in [0.1, 0.15) is 79.8 Å². The van der Waals surface area contributed by atoms with E-state index in [4.69, 9.17) is 4.74 Å². The monoisotopic (exact) mass is 404 g/mol. The Morgan fingerprint density at radius 3 is 2.17 bits per heavy atom. The number of ether oxygens (including phenoxy) is 1. The molecule has 0 N–H and O–H groups in total. The summed E-state index contributed by atoms with van der Waals surface area (Å²) >= 11 is 0. The Kier molecular flexibility index (Phi) is 6.99. The lowest BCUT2D eigenvalue weighted by Crippen LogP contribution is -2.15. The molecular formula is C24H27F3O2. The number of esters is 1. The van der Waals surface area contributed by atoms with E-state index in [-0.39, 0.29) is 23.3 Å². The molecule has 0 heterocycles. The van der Waals surface area contributed by atoms with Crippen LogP contribution in [0.2, 0.25) is 0 Å². The smallest absolute Gasteiger partial charge is 0.346 e. The summed E-state index contributed by atoms with van der Waals surface area (Å²) < 4.78 is 47.3. The molecule has 5 heteroatoms. The number of halogens is 3. The number of rotatable bonds is 6. The molecule has 0 atom stereocenters. The van der Waals surface area contributed by atoms with Crippen molar-refractivity contribution in [3.8, 4) is 5.75 Å². The minimum Gasteiger partial charge on any atom is -0.423 e. The normalized spacial score (nSPS) is 19.2. The Morgan fingerprint density at radius 1 is 0.966 bits per heavy atom. The lowest BCUT2D eigenvalue weighted by atomic mass is 9.77. The first-order valence-electron chi connectivity index (χ1n) is 10.4. The van der Waals surface area contributed by atoms with Gasteiger partial charge in [-0.25, -0.2) is 18.0 Å². The Labute approximate surface area is 170 Å². The van der Waals surface area contributed by atoms with E-state index in [0.717, 1.165) is 49.3 Å². The zero-order valence-corrected chi connectivity index (χ0v) is 16.9. The molecule has 3 rings (SSSR count). The van der Waals surface area contributed by atoms with Crippen molar-refractivity contribution in [1.82, 2.24) is 0 Å². The summed E-state index contributed by atoms with van der Waals surface area (Å²) in [5, 5.41) is 0. The first-order chi connectivity index (χ1) is 13.9. The standard InChI is InChI=1S/C24H27F3O2/c1-3-5-15-6-8-16(9-7-15)17-10-11-20(21(25)12-17)24(28)29-18-13-22(26)19(4-2)23(27)14-18/h10-16H,3-9H2,1-2H3. The predicted octanol–water partition coefficient (Wildman–Crippen LogP) is 6.96. The maximum Gasteiger partial charge on any atom is 0.346 e. The quantitative estimate of drug-likeness (QED) is 0.384. The minimum absolute atomic E-state index is 0.0750. The molecule has 0 saturated heterocycles. The van der Waals surface area contributed by atoms with E-state index in [1.807, 2.05) is 0 Å². The molecular weight excluding hydrogens is 377 g/mol. The van der Waals surface area contributed by atoms with Crippen LogP contribution in [0.15, 0.2) is 30.3 Å². The summed E-state index contributed by atoms with van der Waals surface area (Å²) in [5.41, 5.74) is 0.571. The molecule has 0 spiro atoms. The van der Waals surface area contributed by atoms with Crippen molar-refractivity contribution < 1.29 is 22.7 Å². The Bertz CT molecular complexity index is 847. The molecule has 2 aromatic rings. The fourth-order valence-electron chi connectivity index (χ4n) is 4.28. The highest BCUT2D eigenvalue weighted by Crippen LogP contribution is 2.38. The van der Waals surface area contributed by atoms with Crippen LogP contribution in [0.5, 0.6) is 5.75 Å². The van der Waals surface area contributed by atoms with E-state index in [0.29, 0.717) is 5.92 Å². The number of hydrogen-bond donors (Lipinski definition) is 0. The first kappa shape index (κ1) is 21.4. The summed E-state index contributed by atoms with van der Waals surface area (Å²) in [5.74, 6) is -2.43. The second kappa shape index (κ2) is 9.47. The van der Waals surface area contributed by atoms with Gasteiger partial charge in [-0.3, -0.25) is 0 Å². The average Bonchev–Trinajstić information content (AvgIpc) is 2.68. The highest BCUT2D eigenvalue weighted by atomic mass is 19.1. The van der Waals surface area contributed by atoms with Crippen LogP contribution >= 0.6 is 0 Å². The zero-order chi connectivity index (χ0) is 21.0. The van der Waals surface area contributed by atoms with E-state index in [9.17, 15) is 18.0 Å². The van der Waals surface area contributed by atoms with E-state index in [1.165, 1.54) is 25.0 Å². The summed E-state index contributed by atoms with van der Waals surface area (Å²) in [6.07, 6.45) is 6.96. The van der Waals surface area contributed by atoms with Gasteiger partial charge in [0.1, 0.15) is 23.2 Å². The van der Waals surface area contributed by atoms with Crippen molar-refractivity contribution in [2.45, 2.75) is 64.7 Å². The molecule has 0 radical (unpaired) electrons. The largest absolute Gasteiger partial charge is 0.423 e. The predicted molar refractivity (Wildman–Crippen MR) is 107 cm³/mol. The molecule has 1 aliphatic carbocycles. The summed E-state index contributed by atoms with van der Waals surface area (Å²) in [7, 11) is 0. The van der Waals surface area contributed by atoms with Gasteiger partial charge in [0.25, 0.3) is 0 Å². The van der Waals surface area contributed by atoms with Crippen LogP contribution in [-0.4, -0.2) is 5.97 Å². The lowest BCUT2D eigenvalue weighted by molar-refractivity contribution is 0.0729. The van der Waals surface area contributed by atoms with Crippen LogP contribution in [0, 0.1) is 23.4 Å². The molecule has 156 valence electrons. The van der Waals surface area contributed by atoms with Gasteiger partial charge in [0.15, 0.2) is 0 Å². The molecule has 2 nitrogen and oxygen atoms in total. The maximum atomic E-state index is 14.6. The third-order valence-electron chi connectivity index (χ3n) is 5.91. The van der Waals surface area contributed by atoms with Crippen molar-refractivity contribution >= 4 is 5.97 Å². The molecule has 0 aromatic heterocycles. The fourth-order valence-corrected chi connectivity index (χ4v) is 4.28. The molecule has 0 amide bonds. The molecule has 0 bridgehead atoms. The van der Waals surface area contributed by atoms with Gasteiger partial charge < -0.3 is 4.74 Å². The van der Waals surface area contributed by atoms with Gasteiger partial charge in [0.05, 0.1) is 5.56 Å². The van der Waals surface area contributed by atoms with Gasteiger partial charge in [-0.15, -0.1) is 0 Å². The zero-order valence-electron chi connectivity index (χ0n) is 16.9. The highest BCUT2D eigenvalue weighted by Gasteiger charge is 2.24. The average molecular weight is 404 g/mol. The number of carbonyl (C=O) groups excluding carboxylic acids is 1. The van der Waals surface area contributed by atoms with Crippen LogP contribution in [0.3, 0.4) is 0 Å². The molecule has 1 saturated carbocycles. The van der Waals surface area contributed by atoms with Gasteiger partial charge in [0, 0.05) is 17.7 Å². The second-order valence-corrected chi connectivity index (χ2v) is 7.85. The Morgan fingerprint density at radius 2 is 1.62 bits per heavy atom. The summed E-state index contributed by atoms with van der Waals surface area (Å²) in [6, 6.07) is 6.44. The van der Waals surface area contributed by atoms with E-state index in [1.54, 1.807) is 13.0 Å². The van der Waals surface area contributed by atoms with Crippen LogP contribution in [-0.2, 0) is 6.42 Å². The first-order valence-corrected chi connectivity index (χ1v) is 10.4. The third kappa shape index (κ3) is 5.01. The van der Waals surface area contributed by atoms with Crippen molar-refractivity contribution in [3.05, 3.63) is 64.5 Å². The van der Waals surface area contributed by atoms with E-state index >= 15 is 0 Å². The van der Waals surface area contributed by atoms with Crippen molar-refractivity contribution in [2.75, 3.05) is 0 Å². The highest BCUT2D eigenvalue weighted by molar-refractivity contribution is 5.91. The Balaban J connectivity index is 1.69. The van der Waals surface area contributed by atoms with E-state index in [2.05, 4.69) is 6.92 Å². The van der Waals surface area contributed by atoms with E-state index < -0.39 is 23.4 Å². The van der Waals surface area contributed by atoms with Gasteiger partial charge in [0.2, 0.25) is 0 Å². The second-order valence-electron chi connectivity index (χ2n) is 7.85. The van der Waals surface area contributed by atoms with Crippen LogP contribution in [0.25, 0.3) is 0 Å². The van der Waals surface area contributed by atoms with Crippen molar-refractivity contribution in [2.24, 2.45) is 5.92 Å². The third-order valence-corrected chi connectivity index (χ3v) is 5.91. The minimum atomic E-state index is -0.969. The van der Waals surface area contributed by atoms with Gasteiger partial charge in [-0.1, -0.05) is 32.8 Å². The van der Waals surface area contributed by atoms with Gasteiger partial charge in [-0.05, 0) is 61.6 Å². The maximum absolute atomic E-state index is 14.6. The van der Waals surface area contributed by atoms with Crippen molar-refractivity contribution in [1.29, 1.82) is 0 Å². The Hall–Kier alpha value is -2.30. The number of benzene rings is 2. The van der Waals surface area contributed by atoms with Gasteiger partial charge >= 0.3 is 5.97 Å². The van der Waals surface area contributed by atoms with Crippen LogP contribution < -0.4 is 4.74 Å².